The van der Waals surface area contributed by atoms with E-state index < -0.39 is 6.29 Å². The predicted molar refractivity (Wildman–Crippen MR) is 179 cm³/mol. The highest BCUT2D eigenvalue weighted by Gasteiger charge is 2.37. The van der Waals surface area contributed by atoms with E-state index in [2.05, 4.69) is 53.4 Å². The maximum Gasteiger partial charge on any atom is 0.266 e. The Hall–Kier alpha value is -4.92. The first kappa shape index (κ1) is 30.7. The molecule has 236 valence electrons. The maximum atomic E-state index is 13.1. The number of imide groups is 1. The van der Waals surface area contributed by atoms with Crippen molar-refractivity contribution in [3.05, 3.63) is 172 Å². The topological polar surface area (TPSA) is 79.3 Å². The molecule has 2 amide bonds. The van der Waals surface area contributed by atoms with Gasteiger partial charge in [-0.1, -0.05) is 109 Å². The highest BCUT2D eigenvalue weighted by Crippen LogP contribution is 2.39. The number of carbonyl (C=O) groups is 2. The summed E-state index contributed by atoms with van der Waals surface area (Å²) in [4.78, 5) is 29.8. The Kier molecular flexibility index (Phi) is 9.04. The van der Waals surface area contributed by atoms with Gasteiger partial charge in [-0.2, -0.15) is 0 Å². The van der Waals surface area contributed by atoms with Gasteiger partial charge in [0.05, 0.1) is 35.6 Å². The van der Waals surface area contributed by atoms with Gasteiger partial charge in [-0.3, -0.25) is 14.5 Å². The van der Waals surface area contributed by atoms with Crippen LogP contribution in [-0.4, -0.2) is 34.5 Å². The number of hydrogen-bond donors (Lipinski definition) is 1. The third-order valence-corrected chi connectivity index (χ3v) is 8.79. The van der Waals surface area contributed by atoms with Crippen LogP contribution in [0.3, 0.4) is 0 Å². The number of aliphatic hydroxyl groups is 1. The second-order valence-electron chi connectivity index (χ2n) is 12.1. The molecule has 2 heterocycles. The van der Waals surface area contributed by atoms with Gasteiger partial charge in [0, 0.05) is 31.6 Å². The van der Waals surface area contributed by atoms with Crippen LogP contribution in [-0.2, 0) is 29.2 Å². The molecule has 5 aromatic carbocycles. The minimum Gasteiger partial charge on any atom is -0.392 e. The normalized spacial score (nSPS) is 19.3. The van der Waals surface area contributed by atoms with Gasteiger partial charge in [0.25, 0.3) is 11.8 Å². The number of amides is 2. The van der Waals surface area contributed by atoms with E-state index in [-0.39, 0.29) is 30.6 Å². The number of benzene rings is 5. The predicted octanol–water partition coefficient (Wildman–Crippen LogP) is 7.23. The Labute approximate surface area is 274 Å². The summed E-state index contributed by atoms with van der Waals surface area (Å²) in [7, 11) is 0. The van der Waals surface area contributed by atoms with Gasteiger partial charge in [-0.15, -0.1) is 0 Å². The van der Waals surface area contributed by atoms with Crippen LogP contribution in [0.5, 0.6) is 0 Å². The molecule has 1 fully saturated rings. The van der Waals surface area contributed by atoms with E-state index in [4.69, 9.17) is 9.47 Å². The molecule has 0 aromatic heterocycles. The first-order valence-corrected chi connectivity index (χ1v) is 15.9. The SMILES string of the molecule is O=C1c2ccccc2C(=O)N1c1ccc([C@H]2O[C@@H](CN(Cc3ccccc3)Cc3ccccc3)C[C@@H](c3ccc(CO)cc3)O2)cc1. The van der Waals surface area contributed by atoms with Gasteiger partial charge in [-0.05, 0) is 46.5 Å². The van der Waals surface area contributed by atoms with Crippen LogP contribution in [0.1, 0.15) is 67.3 Å². The lowest BCUT2D eigenvalue weighted by Crippen LogP contribution is -2.39. The molecule has 0 radical (unpaired) electrons. The van der Waals surface area contributed by atoms with E-state index >= 15 is 0 Å². The minimum absolute atomic E-state index is 0.0203. The van der Waals surface area contributed by atoms with Gasteiger partial charge >= 0.3 is 0 Å². The summed E-state index contributed by atoms with van der Waals surface area (Å²) in [6.45, 7) is 2.20. The second kappa shape index (κ2) is 13.8. The van der Waals surface area contributed by atoms with Crippen LogP contribution in [0.15, 0.2) is 133 Å². The summed E-state index contributed by atoms with van der Waals surface area (Å²) in [6, 6.07) is 42.9. The lowest BCUT2D eigenvalue weighted by Gasteiger charge is -2.38. The molecular formula is C40H36N2O5. The van der Waals surface area contributed by atoms with Crippen LogP contribution in [0.25, 0.3) is 0 Å². The molecule has 2 aliphatic rings. The number of anilines is 1. The molecule has 47 heavy (non-hydrogen) atoms. The Morgan fingerprint density at radius 1 is 0.617 bits per heavy atom. The Balaban J connectivity index is 1.15. The van der Waals surface area contributed by atoms with E-state index in [0.29, 0.717) is 29.8 Å². The number of nitrogens with zero attached hydrogens (tertiary/aromatic N) is 2. The molecule has 7 nitrogen and oxygen atoms in total. The molecule has 0 bridgehead atoms. The van der Waals surface area contributed by atoms with Crippen LogP contribution >= 0.6 is 0 Å². The van der Waals surface area contributed by atoms with Gasteiger partial charge in [0.2, 0.25) is 0 Å². The summed E-state index contributed by atoms with van der Waals surface area (Å²) < 4.78 is 13.3. The van der Waals surface area contributed by atoms with E-state index in [1.165, 1.54) is 16.0 Å². The van der Waals surface area contributed by atoms with Crippen molar-refractivity contribution >= 4 is 17.5 Å². The zero-order valence-corrected chi connectivity index (χ0v) is 25.9. The summed E-state index contributed by atoms with van der Waals surface area (Å²) in [6.07, 6.45) is -0.401. The van der Waals surface area contributed by atoms with Crippen LogP contribution in [0, 0.1) is 0 Å². The molecule has 2 aliphatic heterocycles. The largest absolute Gasteiger partial charge is 0.392 e. The van der Waals surface area contributed by atoms with Crippen molar-refractivity contribution in [2.45, 2.75) is 44.6 Å². The molecule has 5 aromatic rings. The van der Waals surface area contributed by atoms with Crippen molar-refractivity contribution in [1.29, 1.82) is 0 Å². The molecule has 0 aliphatic carbocycles. The van der Waals surface area contributed by atoms with Gasteiger partial charge in [0.15, 0.2) is 6.29 Å². The fourth-order valence-corrected chi connectivity index (χ4v) is 6.39. The van der Waals surface area contributed by atoms with E-state index in [1.807, 2.05) is 48.5 Å². The molecule has 7 rings (SSSR count). The van der Waals surface area contributed by atoms with Crippen molar-refractivity contribution in [3.63, 3.8) is 0 Å². The van der Waals surface area contributed by atoms with Gasteiger partial charge in [-0.25, -0.2) is 4.90 Å². The first-order chi connectivity index (χ1) is 23.1. The summed E-state index contributed by atoms with van der Waals surface area (Å²) in [5, 5.41) is 9.60. The van der Waals surface area contributed by atoms with Crippen LogP contribution in [0.4, 0.5) is 5.69 Å². The van der Waals surface area contributed by atoms with Crippen molar-refractivity contribution in [1.82, 2.24) is 4.90 Å². The Bertz CT molecular complexity index is 1750. The lowest BCUT2D eigenvalue weighted by molar-refractivity contribution is -0.253. The van der Waals surface area contributed by atoms with Crippen molar-refractivity contribution < 1.29 is 24.2 Å². The third kappa shape index (κ3) is 6.80. The fourth-order valence-electron chi connectivity index (χ4n) is 6.39. The number of hydrogen-bond acceptors (Lipinski definition) is 6. The molecule has 3 atom stereocenters. The molecule has 1 N–H and O–H groups in total. The molecular weight excluding hydrogens is 588 g/mol. The lowest BCUT2D eigenvalue weighted by atomic mass is 9.99. The Morgan fingerprint density at radius 3 is 1.70 bits per heavy atom. The molecule has 1 saturated heterocycles. The average molecular weight is 625 g/mol. The van der Waals surface area contributed by atoms with E-state index in [9.17, 15) is 14.7 Å². The summed E-state index contributed by atoms with van der Waals surface area (Å²) in [5.41, 5.74) is 6.43. The third-order valence-electron chi connectivity index (χ3n) is 8.79. The van der Waals surface area contributed by atoms with Crippen molar-refractivity contribution in [2.75, 3.05) is 11.4 Å². The average Bonchev–Trinajstić information content (AvgIpc) is 3.38. The molecule has 0 saturated carbocycles. The minimum atomic E-state index is -0.664. The highest BCUT2D eigenvalue weighted by molar-refractivity contribution is 6.34. The monoisotopic (exact) mass is 624 g/mol. The number of aliphatic hydroxyl groups excluding tert-OH is 1. The summed E-state index contributed by atoms with van der Waals surface area (Å²) in [5.74, 6) is -0.654. The highest BCUT2D eigenvalue weighted by atomic mass is 16.7. The quantitative estimate of drug-likeness (QED) is 0.165. The van der Waals surface area contributed by atoms with Crippen molar-refractivity contribution in [3.8, 4) is 0 Å². The number of carbonyl (C=O) groups excluding carboxylic acids is 2. The maximum absolute atomic E-state index is 13.1. The number of ether oxygens (including phenoxy) is 2. The van der Waals surface area contributed by atoms with Crippen molar-refractivity contribution in [2.24, 2.45) is 0 Å². The summed E-state index contributed by atoms with van der Waals surface area (Å²) >= 11 is 0. The van der Waals surface area contributed by atoms with E-state index in [0.717, 1.165) is 29.8 Å². The zero-order chi connectivity index (χ0) is 32.2. The fraction of sp³-hybridized carbons (Fsp3) is 0.200. The van der Waals surface area contributed by atoms with Crippen LogP contribution in [0.2, 0.25) is 0 Å². The van der Waals surface area contributed by atoms with E-state index in [1.54, 1.807) is 36.4 Å². The molecule has 0 spiro atoms. The molecule has 7 heteroatoms. The zero-order valence-electron chi connectivity index (χ0n) is 25.9. The standard InChI is InChI=1S/C40H36N2O5/c43-27-30-15-17-31(18-16-30)37-23-34(26-41(24-28-9-3-1-4-10-28)25-29-11-5-2-6-12-29)46-40(47-37)32-19-21-33(22-20-32)42-38(44)35-13-7-8-14-36(35)39(42)45/h1-22,34,37,40,43H,23-27H2/t34-,37+,40+/m1/s1. The van der Waals surface area contributed by atoms with Gasteiger partial charge in [0.1, 0.15) is 0 Å². The van der Waals surface area contributed by atoms with Gasteiger partial charge < -0.3 is 14.6 Å². The first-order valence-electron chi connectivity index (χ1n) is 15.9. The smallest absolute Gasteiger partial charge is 0.266 e. The molecule has 0 unspecified atom stereocenters. The van der Waals surface area contributed by atoms with Crippen LogP contribution < -0.4 is 4.90 Å². The number of rotatable bonds is 10. The second-order valence-corrected chi connectivity index (χ2v) is 12.1. The number of fused-ring (bicyclic) bond motifs is 1. The Morgan fingerprint density at radius 2 is 1.15 bits per heavy atom.